The van der Waals surface area contributed by atoms with Crippen LogP contribution in [0, 0.1) is 11.8 Å². The number of hydrogen-bond donors (Lipinski definition) is 2. The zero-order chi connectivity index (χ0) is 24.2. The Morgan fingerprint density at radius 2 is 1.62 bits per heavy atom. The van der Waals surface area contributed by atoms with Crippen LogP contribution in [-0.4, -0.2) is 46.0 Å². The number of fused-ring (bicyclic) bond motifs is 5. The smallest absolute Gasteiger partial charge is 0.248 e. The summed E-state index contributed by atoms with van der Waals surface area (Å²) in [6.45, 7) is 2.90. The Hall–Kier alpha value is -3.26. The first-order valence-corrected chi connectivity index (χ1v) is 11.5. The van der Waals surface area contributed by atoms with Crippen molar-refractivity contribution in [2.45, 2.75) is 57.0 Å². The minimum absolute atomic E-state index is 0.0807. The van der Waals surface area contributed by atoms with Gasteiger partial charge < -0.3 is 15.2 Å². The molecule has 3 heterocycles. The minimum atomic E-state index is -1.52. The number of halogens is 1. The lowest BCUT2D eigenvalue weighted by molar-refractivity contribution is -0.149. The van der Waals surface area contributed by atoms with Crippen molar-refractivity contribution >= 4 is 23.4 Å². The van der Waals surface area contributed by atoms with Gasteiger partial charge in [0.05, 0.1) is 24.0 Å². The summed E-state index contributed by atoms with van der Waals surface area (Å²) in [4.78, 5) is 41.2. The van der Waals surface area contributed by atoms with Crippen molar-refractivity contribution in [3.8, 4) is 5.75 Å². The molecule has 5 unspecified atom stereocenters. The van der Waals surface area contributed by atoms with E-state index in [1.807, 2.05) is 0 Å². The van der Waals surface area contributed by atoms with Crippen molar-refractivity contribution in [2.75, 3.05) is 5.32 Å². The minimum Gasteiger partial charge on any atom is -0.508 e. The van der Waals surface area contributed by atoms with Crippen molar-refractivity contribution in [1.29, 1.82) is 0 Å². The van der Waals surface area contributed by atoms with Gasteiger partial charge in [-0.25, -0.2) is 4.39 Å². The molecule has 7 nitrogen and oxygen atoms in total. The third kappa shape index (κ3) is 3.86. The Kier molecular flexibility index (Phi) is 5.43. The zero-order valence-electron chi connectivity index (χ0n) is 19.0. The van der Waals surface area contributed by atoms with Crippen molar-refractivity contribution in [1.82, 2.24) is 4.90 Å². The third-order valence-electron chi connectivity index (χ3n) is 7.14. The number of alkyl halides is 1. The Bertz CT molecular complexity index is 1100. The second kappa shape index (κ2) is 8.20. The van der Waals surface area contributed by atoms with E-state index in [1.54, 1.807) is 36.4 Å². The summed E-state index contributed by atoms with van der Waals surface area (Å²) in [6.07, 6.45) is 1.04. The van der Waals surface area contributed by atoms with E-state index in [0.717, 1.165) is 17.7 Å². The number of likely N-dealkylation sites (tertiary alicyclic amines) is 1. The van der Waals surface area contributed by atoms with Crippen molar-refractivity contribution in [3.63, 3.8) is 0 Å². The van der Waals surface area contributed by atoms with E-state index in [1.165, 1.54) is 26.0 Å². The van der Waals surface area contributed by atoms with Gasteiger partial charge in [0.25, 0.3) is 0 Å². The molecule has 178 valence electrons. The monoisotopic (exact) mass is 466 g/mol. The fourth-order valence-corrected chi connectivity index (χ4v) is 5.37. The Balaban J connectivity index is 1.42. The molecule has 2 aromatic carbocycles. The Morgan fingerprint density at radius 3 is 2.15 bits per heavy atom. The normalized spacial score (nSPS) is 26.6. The van der Waals surface area contributed by atoms with Crippen LogP contribution in [-0.2, 0) is 31.2 Å². The number of rotatable bonds is 6. The van der Waals surface area contributed by atoms with Crippen LogP contribution in [0.5, 0.6) is 5.75 Å². The Morgan fingerprint density at radius 1 is 1.06 bits per heavy atom. The molecule has 5 atom stereocenters. The predicted molar refractivity (Wildman–Crippen MR) is 122 cm³/mol. The molecule has 34 heavy (non-hydrogen) atoms. The second-order valence-corrected chi connectivity index (χ2v) is 9.81. The lowest BCUT2D eigenvalue weighted by Crippen LogP contribution is -2.50. The molecule has 0 aliphatic carbocycles. The molecule has 3 fully saturated rings. The molecular weight excluding hydrogens is 439 g/mol. The van der Waals surface area contributed by atoms with Gasteiger partial charge >= 0.3 is 0 Å². The van der Waals surface area contributed by atoms with E-state index in [4.69, 9.17) is 4.74 Å². The maximum absolute atomic E-state index is 14.2. The number of phenols is 1. The van der Waals surface area contributed by atoms with Gasteiger partial charge in [-0.05, 0) is 62.1 Å². The van der Waals surface area contributed by atoms with E-state index < -0.39 is 29.5 Å². The highest BCUT2D eigenvalue weighted by atomic mass is 19.1. The topological polar surface area (TPSA) is 95.9 Å². The third-order valence-corrected chi connectivity index (χ3v) is 7.14. The van der Waals surface area contributed by atoms with Crippen LogP contribution in [0.4, 0.5) is 10.1 Å². The number of ether oxygens (including phenoxy) is 1. The lowest BCUT2D eigenvalue weighted by atomic mass is 9.81. The van der Waals surface area contributed by atoms with Crippen LogP contribution < -0.4 is 5.32 Å². The number of aromatic hydroxyl groups is 1. The van der Waals surface area contributed by atoms with E-state index in [-0.39, 0.29) is 36.2 Å². The van der Waals surface area contributed by atoms with E-state index >= 15 is 0 Å². The number of phenolic OH excluding ortho intramolecular Hbond substituents is 1. The predicted octanol–water partition coefficient (Wildman–Crippen LogP) is 3.31. The van der Waals surface area contributed by atoms with Gasteiger partial charge in [-0.15, -0.1) is 0 Å². The second-order valence-electron chi connectivity index (χ2n) is 9.81. The standard InChI is InChI=1S/C26H27FN2O5/c1-26(2,27)15-5-7-16(8-6-15)28-23(31)18(13-14-3-9-17(30)10-4-14)29-24(32)21-19-11-12-20(34-19)22(21)25(29)33/h3-10,18-22,30H,11-13H2,1-2H3,(H,28,31). The maximum atomic E-state index is 14.2. The summed E-state index contributed by atoms with van der Waals surface area (Å²) in [6, 6.07) is 11.6. The SMILES string of the molecule is CC(C)(F)c1ccc(NC(=O)C(Cc2ccc(O)cc2)N2C(=O)C3C4CCC(O4)C3C2=O)cc1. The van der Waals surface area contributed by atoms with Crippen LogP contribution >= 0.6 is 0 Å². The average molecular weight is 467 g/mol. The highest BCUT2D eigenvalue weighted by Crippen LogP contribution is 2.49. The molecule has 3 saturated heterocycles. The van der Waals surface area contributed by atoms with Gasteiger partial charge in [-0.2, -0.15) is 0 Å². The quantitative estimate of drug-likeness (QED) is 0.637. The number of benzene rings is 2. The highest BCUT2D eigenvalue weighted by Gasteiger charge is 2.63. The number of imide groups is 1. The fourth-order valence-electron chi connectivity index (χ4n) is 5.37. The number of nitrogens with one attached hydrogen (secondary N) is 1. The molecule has 5 rings (SSSR count). The van der Waals surface area contributed by atoms with Crippen LogP contribution in [0.15, 0.2) is 48.5 Å². The van der Waals surface area contributed by atoms with E-state index in [0.29, 0.717) is 16.8 Å². The summed E-state index contributed by atoms with van der Waals surface area (Å²) in [5.74, 6) is -2.22. The van der Waals surface area contributed by atoms with Crippen LogP contribution in [0.3, 0.4) is 0 Å². The number of amides is 3. The number of carbonyl (C=O) groups excluding carboxylic acids is 3. The molecular formula is C26H27FN2O5. The molecule has 2 bridgehead atoms. The average Bonchev–Trinajstić information content (AvgIpc) is 3.47. The molecule has 2 N–H and O–H groups in total. The first kappa shape index (κ1) is 22.5. The molecule has 3 aliphatic rings. The van der Waals surface area contributed by atoms with Gasteiger partial charge in [0.2, 0.25) is 17.7 Å². The first-order chi connectivity index (χ1) is 16.1. The van der Waals surface area contributed by atoms with E-state index in [9.17, 15) is 23.9 Å². The van der Waals surface area contributed by atoms with Crippen LogP contribution in [0.25, 0.3) is 0 Å². The fraction of sp³-hybridized carbons (Fsp3) is 0.423. The summed E-state index contributed by atoms with van der Waals surface area (Å²) < 4.78 is 20.0. The van der Waals surface area contributed by atoms with Gasteiger partial charge in [0, 0.05) is 12.1 Å². The molecule has 8 heteroatoms. The molecule has 0 radical (unpaired) electrons. The molecule has 0 aromatic heterocycles. The van der Waals surface area contributed by atoms with Gasteiger partial charge in [0.15, 0.2) is 0 Å². The summed E-state index contributed by atoms with van der Waals surface area (Å²) in [7, 11) is 0. The van der Waals surface area contributed by atoms with Crippen molar-refractivity contribution in [2.24, 2.45) is 11.8 Å². The largest absolute Gasteiger partial charge is 0.508 e. The Labute approximate surface area is 196 Å². The number of anilines is 1. The number of hydrogen-bond acceptors (Lipinski definition) is 5. The lowest BCUT2D eigenvalue weighted by Gasteiger charge is -2.27. The molecule has 3 amide bonds. The van der Waals surface area contributed by atoms with Gasteiger partial charge in [-0.1, -0.05) is 24.3 Å². The van der Waals surface area contributed by atoms with Crippen LogP contribution in [0.2, 0.25) is 0 Å². The summed E-state index contributed by atoms with van der Waals surface area (Å²) in [5.41, 5.74) is 0.0949. The molecule has 3 aliphatic heterocycles. The first-order valence-electron chi connectivity index (χ1n) is 11.5. The molecule has 0 saturated carbocycles. The van der Waals surface area contributed by atoms with Crippen molar-refractivity contribution in [3.05, 3.63) is 59.7 Å². The maximum Gasteiger partial charge on any atom is 0.248 e. The number of nitrogens with zero attached hydrogens (tertiary/aromatic N) is 1. The van der Waals surface area contributed by atoms with Gasteiger partial charge in [0.1, 0.15) is 17.5 Å². The van der Waals surface area contributed by atoms with E-state index in [2.05, 4.69) is 5.32 Å². The van der Waals surface area contributed by atoms with Crippen LogP contribution in [0.1, 0.15) is 37.8 Å². The highest BCUT2D eigenvalue weighted by molar-refractivity contribution is 6.10. The van der Waals surface area contributed by atoms with Gasteiger partial charge in [-0.3, -0.25) is 19.3 Å². The molecule has 2 aromatic rings. The zero-order valence-corrected chi connectivity index (χ0v) is 19.0. The van der Waals surface area contributed by atoms with Crippen molar-refractivity contribution < 1.29 is 28.6 Å². The summed E-state index contributed by atoms with van der Waals surface area (Å²) >= 11 is 0. The number of carbonyl (C=O) groups is 3. The summed E-state index contributed by atoms with van der Waals surface area (Å²) in [5, 5.41) is 12.4. The molecule has 0 spiro atoms.